The molecular formula is C19H25F3N4O4. The van der Waals surface area contributed by atoms with E-state index in [9.17, 15) is 23.1 Å². The minimum absolute atomic E-state index is 0.0295. The lowest BCUT2D eigenvalue weighted by Gasteiger charge is -2.30. The molecule has 0 radical (unpaired) electrons. The minimum Gasteiger partial charge on any atom is -0.463 e. The van der Waals surface area contributed by atoms with Crippen LogP contribution in [0.1, 0.15) is 44.3 Å². The van der Waals surface area contributed by atoms with Crippen molar-refractivity contribution >= 4 is 5.52 Å². The summed E-state index contributed by atoms with van der Waals surface area (Å²) in [6, 6.07) is 0.0420. The van der Waals surface area contributed by atoms with E-state index in [2.05, 4.69) is 10.1 Å². The molecule has 0 bridgehead atoms. The first kappa shape index (κ1) is 21.1. The molecule has 166 valence electrons. The molecule has 11 heteroatoms. The number of rotatable bonds is 4. The van der Waals surface area contributed by atoms with Crippen LogP contribution in [0.2, 0.25) is 0 Å². The summed E-state index contributed by atoms with van der Waals surface area (Å²) in [7, 11) is 1.51. The predicted molar refractivity (Wildman–Crippen MR) is 99.2 cm³/mol. The van der Waals surface area contributed by atoms with E-state index in [1.807, 2.05) is 0 Å². The van der Waals surface area contributed by atoms with Gasteiger partial charge in [0.1, 0.15) is 5.60 Å². The number of alkyl halides is 3. The molecule has 4 rings (SSSR count). The Morgan fingerprint density at radius 3 is 2.57 bits per heavy atom. The lowest BCUT2D eigenvalue weighted by atomic mass is 9.82. The summed E-state index contributed by atoms with van der Waals surface area (Å²) in [6.45, 7) is 0.929. The van der Waals surface area contributed by atoms with E-state index < -0.39 is 17.7 Å². The molecule has 1 N–H and O–H groups in total. The highest BCUT2D eigenvalue weighted by molar-refractivity contribution is 5.43. The van der Waals surface area contributed by atoms with E-state index >= 15 is 0 Å². The van der Waals surface area contributed by atoms with Crippen LogP contribution in [0.5, 0.6) is 6.01 Å². The fourth-order valence-corrected chi connectivity index (χ4v) is 4.23. The molecule has 0 aromatic carbocycles. The van der Waals surface area contributed by atoms with Crippen molar-refractivity contribution in [2.75, 3.05) is 19.8 Å². The Hall–Kier alpha value is -2.14. The number of nitrogens with zero attached hydrogens (tertiary/aromatic N) is 4. The van der Waals surface area contributed by atoms with E-state index in [0.29, 0.717) is 38.9 Å². The maximum Gasteiger partial charge on any atom is 0.391 e. The molecule has 2 aromatic rings. The summed E-state index contributed by atoms with van der Waals surface area (Å²) in [5.41, 5.74) is -1.42. The van der Waals surface area contributed by atoms with Crippen LogP contribution in [0.25, 0.3) is 5.52 Å². The lowest BCUT2D eigenvalue weighted by molar-refractivity contribution is -0.184. The Kier molecular flexibility index (Phi) is 5.52. The monoisotopic (exact) mass is 430 g/mol. The van der Waals surface area contributed by atoms with Crippen LogP contribution in [0.3, 0.4) is 0 Å². The number of hydrogen-bond donors (Lipinski definition) is 1. The van der Waals surface area contributed by atoms with Gasteiger partial charge in [-0.2, -0.15) is 13.2 Å². The molecule has 2 fully saturated rings. The second kappa shape index (κ2) is 7.84. The molecule has 0 unspecified atom stereocenters. The second-order valence-corrected chi connectivity index (χ2v) is 8.24. The Balaban J connectivity index is 1.53. The number of aliphatic hydroxyl groups is 1. The maximum atomic E-state index is 12.8. The average molecular weight is 430 g/mol. The Labute approximate surface area is 170 Å². The quantitative estimate of drug-likeness (QED) is 0.800. The van der Waals surface area contributed by atoms with Gasteiger partial charge >= 0.3 is 12.2 Å². The van der Waals surface area contributed by atoms with E-state index in [1.54, 1.807) is 0 Å². The van der Waals surface area contributed by atoms with Gasteiger partial charge in [0.15, 0.2) is 11.3 Å². The van der Waals surface area contributed by atoms with Crippen LogP contribution in [-0.2, 0) is 17.4 Å². The molecule has 8 nitrogen and oxygen atoms in total. The van der Waals surface area contributed by atoms with Crippen molar-refractivity contribution < 1.29 is 27.8 Å². The highest BCUT2D eigenvalue weighted by Gasteiger charge is 2.41. The number of aromatic nitrogens is 4. The highest BCUT2D eigenvalue weighted by Crippen LogP contribution is 2.39. The zero-order valence-corrected chi connectivity index (χ0v) is 16.7. The number of hydrogen-bond acceptors (Lipinski definition) is 6. The molecule has 0 atom stereocenters. The largest absolute Gasteiger partial charge is 0.463 e. The Morgan fingerprint density at radius 1 is 1.27 bits per heavy atom. The van der Waals surface area contributed by atoms with Crippen molar-refractivity contribution in [3.63, 3.8) is 0 Å². The SMILES string of the molecule is Cn1c(OC[C@H]2CC[C@H](C(F)(F)F)CC2)nn2c(C3(O)CCOCC3)ncc2c1=O. The van der Waals surface area contributed by atoms with Gasteiger partial charge in [-0.1, -0.05) is 0 Å². The summed E-state index contributed by atoms with van der Waals surface area (Å²) in [5.74, 6) is -1.02. The minimum atomic E-state index is -4.15. The van der Waals surface area contributed by atoms with Gasteiger partial charge in [0.05, 0.1) is 18.7 Å². The third-order valence-corrected chi connectivity index (χ3v) is 6.23. The second-order valence-electron chi connectivity index (χ2n) is 8.24. The van der Waals surface area contributed by atoms with Crippen LogP contribution >= 0.6 is 0 Å². The van der Waals surface area contributed by atoms with Crippen LogP contribution in [0.15, 0.2) is 11.0 Å². The first-order chi connectivity index (χ1) is 14.2. The highest BCUT2D eigenvalue weighted by atomic mass is 19.4. The van der Waals surface area contributed by atoms with E-state index in [4.69, 9.17) is 9.47 Å². The Bertz CT molecular complexity index is 957. The van der Waals surface area contributed by atoms with E-state index in [1.165, 1.54) is 22.3 Å². The first-order valence-electron chi connectivity index (χ1n) is 10.1. The molecule has 1 saturated carbocycles. The number of halogens is 3. The lowest BCUT2D eigenvalue weighted by Crippen LogP contribution is -2.36. The fraction of sp³-hybridized carbons (Fsp3) is 0.737. The van der Waals surface area contributed by atoms with Crippen molar-refractivity contribution in [3.05, 3.63) is 22.4 Å². The number of ether oxygens (including phenoxy) is 2. The fourth-order valence-electron chi connectivity index (χ4n) is 4.23. The molecule has 0 spiro atoms. The van der Waals surface area contributed by atoms with Crippen LogP contribution < -0.4 is 10.3 Å². The number of fused-ring (bicyclic) bond motifs is 1. The van der Waals surface area contributed by atoms with Crippen molar-refractivity contribution in [3.8, 4) is 6.01 Å². The number of imidazole rings is 1. The Morgan fingerprint density at radius 2 is 1.93 bits per heavy atom. The summed E-state index contributed by atoms with van der Waals surface area (Å²) in [5, 5.41) is 15.3. The van der Waals surface area contributed by atoms with Gasteiger partial charge in [0.2, 0.25) is 0 Å². The molecule has 1 aliphatic heterocycles. The van der Waals surface area contributed by atoms with Crippen molar-refractivity contribution in [2.24, 2.45) is 18.9 Å². The van der Waals surface area contributed by atoms with Crippen molar-refractivity contribution in [1.82, 2.24) is 19.2 Å². The summed E-state index contributed by atoms with van der Waals surface area (Å²) < 4.78 is 52.1. The summed E-state index contributed by atoms with van der Waals surface area (Å²) >= 11 is 0. The van der Waals surface area contributed by atoms with Gasteiger partial charge in [-0.25, -0.2) is 9.50 Å². The topological polar surface area (TPSA) is 90.9 Å². The van der Waals surface area contributed by atoms with Crippen molar-refractivity contribution in [1.29, 1.82) is 0 Å². The molecule has 1 saturated heterocycles. The third-order valence-electron chi connectivity index (χ3n) is 6.23. The predicted octanol–water partition coefficient (Wildman–Crippen LogP) is 2.17. The van der Waals surface area contributed by atoms with Crippen molar-refractivity contribution in [2.45, 2.75) is 50.3 Å². The summed E-state index contributed by atoms with van der Waals surface area (Å²) in [4.78, 5) is 16.9. The van der Waals surface area contributed by atoms with Gasteiger partial charge in [0, 0.05) is 33.1 Å². The van der Waals surface area contributed by atoms with Crippen LogP contribution in [0, 0.1) is 11.8 Å². The molecule has 30 heavy (non-hydrogen) atoms. The van der Waals surface area contributed by atoms with Gasteiger partial charge < -0.3 is 14.6 Å². The molecule has 2 aromatic heterocycles. The maximum absolute atomic E-state index is 12.8. The van der Waals surface area contributed by atoms with E-state index in [0.717, 1.165) is 0 Å². The zero-order valence-electron chi connectivity index (χ0n) is 16.7. The first-order valence-corrected chi connectivity index (χ1v) is 10.1. The van der Waals surface area contributed by atoms with Crippen LogP contribution in [-0.4, -0.2) is 50.3 Å². The van der Waals surface area contributed by atoms with Gasteiger partial charge in [0.25, 0.3) is 5.56 Å². The van der Waals surface area contributed by atoms with Gasteiger partial charge in [-0.05, 0) is 31.6 Å². The standard InChI is InChI=1S/C19H25F3N4O4/c1-25-15(27)14-10-23-16(18(28)6-8-29-9-7-18)26(14)24-17(25)30-11-12-2-4-13(5-3-12)19(20,21)22/h10,12-13,28H,2-9,11H2,1H3/t12-,13-. The molecular weight excluding hydrogens is 405 g/mol. The normalized spacial score (nSPS) is 24.8. The molecule has 1 aliphatic carbocycles. The average Bonchev–Trinajstić information content (AvgIpc) is 3.15. The molecule has 3 heterocycles. The van der Waals surface area contributed by atoms with E-state index in [-0.39, 0.29) is 48.3 Å². The van der Waals surface area contributed by atoms with Gasteiger partial charge in [-0.15, -0.1) is 5.10 Å². The smallest absolute Gasteiger partial charge is 0.391 e. The van der Waals surface area contributed by atoms with Crippen LogP contribution in [0.4, 0.5) is 13.2 Å². The zero-order chi connectivity index (χ0) is 21.5. The summed E-state index contributed by atoms with van der Waals surface area (Å²) in [6.07, 6.45) is -1.10. The van der Waals surface area contributed by atoms with Gasteiger partial charge in [-0.3, -0.25) is 9.36 Å². The molecule has 0 amide bonds. The molecule has 2 aliphatic rings. The third kappa shape index (κ3) is 3.92.